The maximum atomic E-state index is 5.87. The molecule has 1 aliphatic heterocycles. The number of aliphatic imine (C=N–C) groups is 2. The van der Waals surface area contributed by atoms with Crippen molar-refractivity contribution in [3.8, 4) is 0 Å². The van der Waals surface area contributed by atoms with Gasteiger partial charge in [-0.1, -0.05) is 41.9 Å². The van der Waals surface area contributed by atoms with Crippen molar-refractivity contribution >= 4 is 23.1 Å². The van der Waals surface area contributed by atoms with Gasteiger partial charge in [0.25, 0.3) is 0 Å². The molecule has 88 valence electrons. The molecule has 3 heteroatoms. The monoisotopic (exact) mass is 254 g/mol. The molecule has 2 aromatic rings. The Bertz CT molecular complexity index is 613. The first kappa shape index (κ1) is 11.2. The Morgan fingerprint density at radius 2 is 1.56 bits per heavy atom. The van der Waals surface area contributed by atoms with Gasteiger partial charge in [-0.05, 0) is 29.8 Å². The number of rotatable bonds is 2. The molecule has 18 heavy (non-hydrogen) atoms. The smallest absolute Gasteiger partial charge is 0.155 e. The molecule has 0 N–H and O–H groups in total. The molecular weight excluding hydrogens is 244 g/mol. The quantitative estimate of drug-likeness (QED) is 0.783. The van der Waals surface area contributed by atoms with Gasteiger partial charge in [0, 0.05) is 10.6 Å². The average molecular weight is 255 g/mol. The molecule has 0 bridgehead atoms. The summed E-state index contributed by atoms with van der Waals surface area (Å²) in [6.07, 6.45) is 0. The van der Waals surface area contributed by atoms with Crippen molar-refractivity contribution in [2.45, 2.75) is 0 Å². The second-order valence-corrected chi connectivity index (χ2v) is 4.51. The van der Waals surface area contributed by atoms with E-state index < -0.39 is 0 Å². The lowest BCUT2D eigenvalue weighted by Gasteiger charge is -1.98. The van der Waals surface area contributed by atoms with E-state index in [4.69, 9.17) is 11.6 Å². The lowest BCUT2D eigenvalue weighted by Crippen LogP contribution is -2.01. The largest absolute Gasteiger partial charge is 0.260 e. The zero-order chi connectivity index (χ0) is 12.4. The average Bonchev–Trinajstić information content (AvgIpc) is 2.90. The van der Waals surface area contributed by atoms with Crippen LogP contribution in [0.2, 0.25) is 5.02 Å². The lowest BCUT2D eigenvalue weighted by molar-refractivity contribution is 1.33. The highest BCUT2D eigenvalue weighted by Crippen LogP contribution is 2.15. The first-order valence-corrected chi connectivity index (χ1v) is 6.14. The minimum absolute atomic E-state index is 0.641. The standard InChI is InChI=1S/C15H11ClN2/c16-13-8-6-12(7-9-13)15-17-10-14(18-15)11-4-2-1-3-5-11/h1-9H,10H2. The number of hydrogen-bond donors (Lipinski definition) is 0. The van der Waals surface area contributed by atoms with Crippen LogP contribution in [0, 0.1) is 0 Å². The van der Waals surface area contributed by atoms with E-state index >= 15 is 0 Å². The first-order valence-electron chi connectivity index (χ1n) is 5.76. The molecule has 0 aromatic heterocycles. The van der Waals surface area contributed by atoms with Crippen LogP contribution < -0.4 is 0 Å². The molecule has 0 saturated carbocycles. The molecule has 1 heterocycles. The minimum atomic E-state index is 0.641. The summed E-state index contributed by atoms with van der Waals surface area (Å²) in [4.78, 5) is 9.05. The van der Waals surface area contributed by atoms with Crippen molar-refractivity contribution in [3.63, 3.8) is 0 Å². The third-order valence-corrected chi connectivity index (χ3v) is 3.08. The van der Waals surface area contributed by atoms with E-state index in [9.17, 15) is 0 Å². The highest BCUT2D eigenvalue weighted by atomic mass is 35.5. The number of amidine groups is 1. The Balaban J connectivity index is 1.89. The third kappa shape index (κ3) is 2.20. The normalized spacial score (nSPS) is 14.3. The Morgan fingerprint density at radius 3 is 2.28 bits per heavy atom. The second-order valence-electron chi connectivity index (χ2n) is 4.07. The maximum absolute atomic E-state index is 5.87. The topological polar surface area (TPSA) is 24.7 Å². The van der Waals surface area contributed by atoms with Crippen LogP contribution in [0.1, 0.15) is 11.1 Å². The van der Waals surface area contributed by atoms with Gasteiger partial charge in [-0.3, -0.25) is 4.99 Å². The Kier molecular flexibility index (Phi) is 2.95. The van der Waals surface area contributed by atoms with Gasteiger partial charge < -0.3 is 0 Å². The van der Waals surface area contributed by atoms with Gasteiger partial charge in [0.15, 0.2) is 5.84 Å². The van der Waals surface area contributed by atoms with Crippen LogP contribution in [0.3, 0.4) is 0 Å². The molecular formula is C15H11ClN2. The summed E-state index contributed by atoms with van der Waals surface area (Å²) >= 11 is 5.87. The number of benzene rings is 2. The van der Waals surface area contributed by atoms with Gasteiger partial charge >= 0.3 is 0 Å². The van der Waals surface area contributed by atoms with E-state index in [0.717, 1.165) is 27.7 Å². The molecule has 0 aliphatic carbocycles. The van der Waals surface area contributed by atoms with Crippen molar-refractivity contribution in [2.24, 2.45) is 9.98 Å². The van der Waals surface area contributed by atoms with E-state index in [0.29, 0.717) is 6.54 Å². The van der Waals surface area contributed by atoms with Crippen LogP contribution in [0.5, 0.6) is 0 Å². The fourth-order valence-corrected chi connectivity index (χ4v) is 2.02. The predicted octanol–water partition coefficient (Wildman–Crippen LogP) is 3.59. The summed E-state index contributed by atoms with van der Waals surface area (Å²) < 4.78 is 0. The van der Waals surface area contributed by atoms with Crippen molar-refractivity contribution in [1.29, 1.82) is 0 Å². The Morgan fingerprint density at radius 1 is 0.833 bits per heavy atom. The fourth-order valence-electron chi connectivity index (χ4n) is 1.89. The second kappa shape index (κ2) is 4.75. The number of nitrogens with zero attached hydrogens (tertiary/aromatic N) is 2. The molecule has 3 rings (SSSR count). The minimum Gasteiger partial charge on any atom is -0.260 e. The molecule has 1 aliphatic rings. The number of hydrogen-bond acceptors (Lipinski definition) is 2. The van der Waals surface area contributed by atoms with E-state index in [1.807, 2.05) is 42.5 Å². The Hall–Kier alpha value is -1.93. The lowest BCUT2D eigenvalue weighted by atomic mass is 10.1. The van der Waals surface area contributed by atoms with Crippen LogP contribution >= 0.6 is 11.6 Å². The molecule has 2 aromatic carbocycles. The molecule has 0 fully saturated rings. The summed E-state index contributed by atoms with van der Waals surface area (Å²) in [5.74, 6) is 0.783. The summed E-state index contributed by atoms with van der Waals surface area (Å²) in [5.41, 5.74) is 3.15. The predicted molar refractivity (Wildman–Crippen MR) is 75.8 cm³/mol. The van der Waals surface area contributed by atoms with Gasteiger partial charge in [-0.15, -0.1) is 0 Å². The van der Waals surface area contributed by atoms with Crippen molar-refractivity contribution in [1.82, 2.24) is 0 Å². The van der Waals surface area contributed by atoms with E-state index in [1.54, 1.807) is 0 Å². The molecule has 0 amide bonds. The molecule has 0 saturated heterocycles. The van der Waals surface area contributed by atoms with Crippen molar-refractivity contribution in [3.05, 3.63) is 70.7 Å². The highest BCUT2D eigenvalue weighted by molar-refractivity contribution is 6.30. The zero-order valence-electron chi connectivity index (χ0n) is 9.68. The molecule has 0 unspecified atom stereocenters. The first-order chi connectivity index (χ1) is 8.83. The fraction of sp³-hybridized carbons (Fsp3) is 0.0667. The summed E-state index contributed by atoms with van der Waals surface area (Å²) in [5, 5.41) is 0.726. The zero-order valence-corrected chi connectivity index (χ0v) is 10.4. The van der Waals surface area contributed by atoms with Crippen LogP contribution in [-0.2, 0) is 0 Å². The number of halogens is 1. The highest BCUT2D eigenvalue weighted by Gasteiger charge is 2.13. The maximum Gasteiger partial charge on any atom is 0.155 e. The van der Waals surface area contributed by atoms with Gasteiger partial charge in [0.1, 0.15) is 0 Å². The van der Waals surface area contributed by atoms with Crippen molar-refractivity contribution in [2.75, 3.05) is 6.54 Å². The molecule has 0 radical (unpaired) electrons. The molecule has 0 spiro atoms. The summed E-state index contributed by atoms with van der Waals surface area (Å²) in [6.45, 7) is 0.641. The Labute approximate surface area is 111 Å². The molecule has 2 nitrogen and oxygen atoms in total. The van der Waals surface area contributed by atoms with E-state index in [-0.39, 0.29) is 0 Å². The van der Waals surface area contributed by atoms with Crippen LogP contribution in [0.4, 0.5) is 0 Å². The SMILES string of the molecule is Clc1ccc(C2=NCC(c3ccccc3)=N2)cc1. The van der Waals surface area contributed by atoms with Crippen LogP contribution in [-0.4, -0.2) is 18.1 Å². The van der Waals surface area contributed by atoms with Gasteiger partial charge in [0.05, 0.1) is 12.3 Å². The van der Waals surface area contributed by atoms with E-state index in [1.165, 1.54) is 0 Å². The van der Waals surface area contributed by atoms with Gasteiger partial charge in [-0.2, -0.15) is 0 Å². The van der Waals surface area contributed by atoms with Crippen molar-refractivity contribution < 1.29 is 0 Å². The van der Waals surface area contributed by atoms with Gasteiger partial charge in [-0.25, -0.2) is 4.99 Å². The summed E-state index contributed by atoms with van der Waals surface area (Å²) in [6, 6.07) is 17.7. The van der Waals surface area contributed by atoms with E-state index in [2.05, 4.69) is 22.1 Å². The van der Waals surface area contributed by atoms with Crippen LogP contribution in [0.15, 0.2) is 64.6 Å². The van der Waals surface area contributed by atoms with Gasteiger partial charge in [0.2, 0.25) is 0 Å². The third-order valence-electron chi connectivity index (χ3n) is 2.83. The molecule has 0 atom stereocenters. The van der Waals surface area contributed by atoms with Crippen LogP contribution in [0.25, 0.3) is 0 Å². The summed E-state index contributed by atoms with van der Waals surface area (Å²) in [7, 11) is 0.